The van der Waals surface area contributed by atoms with Crippen LogP contribution in [0.25, 0.3) is 0 Å². The van der Waals surface area contributed by atoms with E-state index in [1.54, 1.807) is 14.0 Å². The summed E-state index contributed by atoms with van der Waals surface area (Å²) in [5.41, 5.74) is 13.3. The zero-order chi connectivity index (χ0) is 38.1. The van der Waals surface area contributed by atoms with Gasteiger partial charge >= 0.3 is 0 Å². The molecule has 0 aliphatic rings. The summed E-state index contributed by atoms with van der Waals surface area (Å²) < 4.78 is 0. The van der Waals surface area contributed by atoms with Crippen LogP contribution in [-0.4, -0.2) is 29.5 Å². The van der Waals surface area contributed by atoms with Crippen molar-refractivity contribution in [3.05, 3.63) is 105 Å². The lowest BCUT2D eigenvalue weighted by molar-refractivity contribution is 0.213. The van der Waals surface area contributed by atoms with Gasteiger partial charge in [0.1, 0.15) is 7.11 Å². The van der Waals surface area contributed by atoms with E-state index in [1.807, 2.05) is 67.5 Å². The summed E-state index contributed by atoms with van der Waals surface area (Å²) in [4.78, 5) is 4.76. The standard InChI is InChI=1S/C13H19NO.C12H17NO.C12H17N.3C2H6.CH4/c1-9(2)13-7-6-12(8-10(13)3)11(4)14-15-5;1-8(2)12-6-5-11(7-9(12)3)10(4)13-14;1-8(2)12-6-5-11(10(4)13)7-9(12)3;3*1-2;/h6-9H,1-5H3;5-8,14H,1-4H3;5-8,13H,1-4H3;3*1-2H3;1H4/b14-11+;13-10+;;;;;. The predicted molar refractivity (Wildman–Crippen MR) is 222 cm³/mol. The Hall–Kier alpha value is -3.73. The number of nitrogens with zero attached hydrogens (tertiary/aromatic N) is 2. The summed E-state index contributed by atoms with van der Waals surface area (Å²) in [6.45, 7) is 37.1. The first kappa shape index (κ1) is 52.1. The molecule has 0 aromatic heterocycles. The summed E-state index contributed by atoms with van der Waals surface area (Å²) in [7, 11) is 1.57. The van der Waals surface area contributed by atoms with Gasteiger partial charge in [0.15, 0.2) is 0 Å². The second-order valence-electron chi connectivity index (χ2n) is 11.8. The van der Waals surface area contributed by atoms with Gasteiger partial charge in [0.25, 0.3) is 0 Å². The van der Waals surface area contributed by atoms with Crippen LogP contribution in [0.5, 0.6) is 0 Å². The van der Waals surface area contributed by atoms with Gasteiger partial charge in [-0.15, -0.1) is 0 Å². The minimum Gasteiger partial charge on any atom is -0.411 e. The number of aryl methyl sites for hydroxylation is 3. The van der Waals surface area contributed by atoms with Crippen LogP contribution < -0.4 is 0 Å². The predicted octanol–water partition coefficient (Wildman–Crippen LogP) is 14.0. The maximum atomic E-state index is 8.65. The average molecular weight is 678 g/mol. The van der Waals surface area contributed by atoms with Gasteiger partial charge in [0, 0.05) is 5.71 Å². The highest BCUT2D eigenvalue weighted by molar-refractivity contribution is 5.99. The largest absolute Gasteiger partial charge is 0.411 e. The molecule has 0 aliphatic heterocycles. The van der Waals surface area contributed by atoms with Crippen molar-refractivity contribution in [2.75, 3.05) is 7.11 Å². The van der Waals surface area contributed by atoms with E-state index in [4.69, 9.17) is 15.5 Å². The molecule has 278 valence electrons. The number of nitrogens with one attached hydrogen (secondary N) is 1. The third-order valence-corrected chi connectivity index (χ3v) is 7.32. The van der Waals surface area contributed by atoms with Crippen LogP contribution in [0.4, 0.5) is 0 Å². The zero-order valence-electron chi connectivity index (χ0n) is 34.2. The Morgan fingerprint density at radius 2 is 0.857 bits per heavy atom. The van der Waals surface area contributed by atoms with Gasteiger partial charge in [0.05, 0.1) is 11.4 Å². The second-order valence-corrected chi connectivity index (χ2v) is 11.8. The molecule has 5 nitrogen and oxygen atoms in total. The monoisotopic (exact) mass is 678 g/mol. The molecule has 0 saturated heterocycles. The van der Waals surface area contributed by atoms with Gasteiger partial charge in [0.2, 0.25) is 0 Å². The first-order chi connectivity index (χ1) is 22.6. The zero-order valence-corrected chi connectivity index (χ0v) is 34.2. The Kier molecular flexibility index (Phi) is 31.1. The molecule has 3 aromatic carbocycles. The molecule has 0 heterocycles. The molecule has 0 amide bonds. The molecule has 0 radical (unpaired) electrons. The smallest absolute Gasteiger partial charge is 0.106 e. The van der Waals surface area contributed by atoms with Gasteiger partial charge in [-0.25, -0.2) is 0 Å². The lowest BCUT2D eigenvalue weighted by Crippen LogP contribution is -1.99. The third-order valence-electron chi connectivity index (χ3n) is 7.32. The highest BCUT2D eigenvalue weighted by Gasteiger charge is 2.07. The van der Waals surface area contributed by atoms with E-state index in [0.717, 1.165) is 22.4 Å². The normalized spacial score (nSPS) is 10.3. The Bertz CT molecular complexity index is 1380. The van der Waals surface area contributed by atoms with Crippen molar-refractivity contribution in [2.45, 2.75) is 150 Å². The van der Waals surface area contributed by atoms with Crippen molar-refractivity contribution >= 4 is 17.1 Å². The van der Waals surface area contributed by atoms with Gasteiger partial charge in [-0.1, -0.05) is 137 Å². The number of oxime groups is 2. The fraction of sp³-hybridized carbons (Fsp3) is 0.523. The van der Waals surface area contributed by atoms with E-state index < -0.39 is 0 Å². The summed E-state index contributed by atoms with van der Waals surface area (Å²) in [5.74, 6) is 1.68. The van der Waals surface area contributed by atoms with E-state index in [9.17, 15) is 0 Å². The molecule has 2 N–H and O–H groups in total. The molecule has 0 aliphatic carbocycles. The number of rotatable bonds is 7. The molecule has 0 unspecified atom stereocenters. The fourth-order valence-corrected chi connectivity index (χ4v) is 4.90. The molecule has 5 heteroatoms. The van der Waals surface area contributed by atoms with Crippen molar-refractivity contribution in [1.29, 1.82) is 5.41 Å². The molecule has 3 aromatic rings. The Morgan fingerprint density at radius 1 is 0.571 bits per heavy atom. The maximum absolute atomic E-state index is 8.65. The minimum absolute atomic E-state index is 0. The van der Waals surface area contributed by atoms with E-state index in [0.29, 0.717) is 29.2 Å². The molecular formula is C44H75N3O2. The van der Waals surface area contributed by atoms with Crippen LogP contribution in [-0.2, 0) is 4.84 Å². The van der Waals surface area contributed by atoms with Crippen LogP contribution in [0.3, 0.4) is 0 Å². The van der Waals surface area contributed by atoms with E-state index >= 15 is 0 Å². The Balaban J connectivity index is -0.000000285. The summed E-state index contributed by atoms with van der Waals surface area (Å²) in [6.07, 6.45) is 0. The van der Waals surface area contributed by atoms with Gasteiger partial charge in [-0.2, -0.15) is 0 Å². The summed E-state index contributed by atoms with van der Waals surface area (Å²) in [6, 6.07) is 18.8. The first-order valence-corrected chi connectivity index (χ1v) is 17.8. The van der Waals surface area contributed by atoms with Gasteiger partial charge in [-0.05, 0) is 128 Å². The molecule has 49 heavy (non-hydrogen) atoms. The summed E-state index contributed by atoms with van der Waals surface area (Å²) in [5, 5.41) is 23.3. The highest BCUT2D eigenvalue weighted by Crippen LogP contribution is 2.22. The van der Waals surface area contributed by atoms with Crippen LogP contribution >= 0.6 is 0 Å². The average Bonchev–Trinajstić information content (AvgIpc) is 3.07. The number of hydrogen-bond acceptors (Lipinski definition) is 5. The summed E-state index contributed by atoms with van der Waals surface area (Å²) >= 11 is 0. The van der Waals surface area contributed by atoms with E-state index in [-0.39, 0.29) is 7.43 Å². The minimum atomic E-state index is 0. The number of hydrogen-bond donors (Lipinski definition) is 2. The molecule has 3 rings (SSSR count). The molecule has 0 bridgehead atoms. The van der Waals surface area contributed by atoms with Gasteiger partial charge < -0.3 is 15.5 Å². The SMILES string of the molecule is C.C/C(=N\O)c1ccc(C(C)C)c(C)c1.CC.CC.CC.CC(=N)c1ccc(C(C)C)c(C)c1.CO/N=C(\C)c1ccc(C(C)C)c(C)c1. The van der Waals surface area contributed by atoms with Crippen LogP contribution in [0.15, 0.2) is 64.9 Å². The van der Waals surface area contributed by atoms with Crippen LogP contribution in [0.1, 0.15) is 179 Å². The van der Waals surface area contributed by atoms with E-state index in [2.05, 4.69) is 115 Å². The Labute approximate surface area is 303 Å². The topological polar surface area (TPSA) is 78.0 Å². The van der Waals surface area contributed by atoms with Crippen LogP contribution in [0.2, 0.25) is 0 Å². The van der Waals surface area contributed by atoms with E-state index in [1.165, 1.54) is 33.4 Å². The lowest BCUT2D eigenvalue weighted by atomic mass is 9.95. The van der Waals surface area contributed by atoms with Crippen LogP contribution in [0, 0.1) is 26.2 Å². The van der Waals surface area contributed by atoms with Crippen molar-refractivity contribution in [2.24, 2.45) is 10.3 Å². The third kappa shape index (κ3) is 19.1. The lowest BCUT2D eigenvalue weighted by Gasteiger charge is -2.11. The number of benzene rings is 3. The molecule has 0 spiro atoms. The van der Waals surface area contributed by atoms with Crippen molar-refractivity contribution < 1.29 is 10.0 Å². The van der Waals surface area contributed by atoms with Gasteiger partial charge in [-0.3, -0.25) is 0 Å². The molecule has 0 atom stereocenters. The molecule has 0 fully saturated rings. The highest BCUT2D eigenvalue weighted by atomic mass is 16.6. The van der Waals surface area contributed by atoms with Crippen molar-refractivity contribution in [3.8, 4) is 0 Å². The maximum Gasteiger partial charge on any atom is 0.106 e. The molecule has 0 saturated carbocycles. The van der Waals surface area contributed by atoms with Crippen molar-refractivity contribution in [1.82, 2.24) is 0 Å². The quantitative estimate of drug-likeness (QED) is 0.148. The first-order valence-electron chi connectivity index (χ1n) is 17.8. The fourth-order valence-electron chi connectivity index (χ4n) is 4.90. The molecular weight excluding hydrogens is 603 g/mol. The Morgan fingerprint density at radius 3 is 1.10 bits per heavy atom. The second kappa shape index (κ2) is 29.2. The van der Waals surface area contributed by atoms with Crippen molar-refractivity contribution in [3.63, 3.8) is 0 Å².